The number of carbonyl (C=O) groups excluding carboxylic acids is 2. The van der Waals surface area contributed by atoms with E-state index in [2.05, 4.69) is 19.2 Å². The van der Waals surface area contributed by atoms with Gasteiger partial charge in [0, 0.05) is 12.8 Å². The standard InChI is InChI=1S/C58H115NO5/c1-3-5-7-9-11-13-15-28-32-36-40-44-48-52-58(63)64-53-49-45-41-37-33-30-27-25-23-21-19-17-16-18-20-22-24-26-29-31-35-39-43-47-51-57(62)59-55(54-60)56(61)50-46-42-38-34-14-12-10-8-6-4-2/h55-56,60-61H,3-54H2,1-2H3,(H,59,62). The highest BCUT2D eigenvalue weighted by Gasteiger charge is 2.20. The lowest BCUT2D eigenvalue weighted by Gasteiger charge is -2.22. The average Bonchev–Trinajstić information content (AvgIpc) is 3.29. The highest BCUT2D eigenvalue weighted by atomic mass is 16.5. The summed E-state index contributed by atoms with van der Waals surface area (Å²) in [7, 11) is 0. The van der Waals surface area contributed by atoms with Crippen molar-refractivity contribution in [3.05, 3.63) is 0 Å². The summed E-state index contributed by atoms with van der Waals surface area (Å²) in [4.78, 5) is 24.4. The topological polar surface area (TPSA) is 95.9 Å². The van der Waals surface area contributed by atoms with Crippen LogP contribution in [0, 0.1) is 0 Å². The summed E-state index contributed by atoms with van der Waals surface area (Å²) in [5.41, 5.74) is 0. The van der Waals surface area contributed by atoms with Gasteiger partial charge in [-0.15, -0.1) is 0 Å². The van der Waals surface area contributed by atoms with Gasteiger partial charge in [0.1, 0.15) is 0 Å². The lowest BCUT2D eigenvalue weighted by molar-refractivity contribution is -0.143. The van der Waals surface area contributed by atoms with E-state index in [0.29, 0.717) is 25.9 Å². The number of aliphatic hydroxyl groups excluding tert-OH is 2. The van der Waals surface area contributed by atoms with Crippen molar-refractivity contribution in [2.45, 2.75) is 347 Å². The second kappa shape index (κ2) is 54.5. The van der Waals surface area contributed by atoms with Crippen molar-refractivity contribution in [2.75, 3.05) is 13.2 Å². The van der Waals surface area contributed by atoms with Crippen LogP contribution in [-0.4, -0.2) is 47.4 Å². The zero-order valence-corrected chi connectivity index (χ0v) is 43.5. The fourth-order valence-corrected chi connectivity index (χ4v) is 9.41. The van der Waals surface area contributed by atoms with Crippen LogP contribution in [0.5, 0.6) is 0 Å². The maximum Gasteiger partial charge on any atom is 0.305 e. The third kappa shape index (κ3) is 50.3. The smallest absolute Gasteiger partial charge is 0.305 e. The molecule has 6 nitrogen and oxygen atoms in total. The van der Waals surface area contributed by atoms with E-state index in [0.717, 1.165) is 38.5 Å². The highest BCUT2D eigenvalue weighted by Crippen LogP contribution is 2.18. The molecule has 0 fully saturated rings. The van der Waals surface area contributed by atoms with Crippen molar-refractivity contribution in [2.24, 2.45) is 0 Å². The van der Waals surface area contributed by atoms with Crippen molar-refractivity contribution in [3.63, 3.8) is 0 Å². The maximum absolute atomic E-state index is 12.4. The van der Waals surface area contributed by atoms with Crippen molar-refractivity contribution in [1.29, 1.82) is 0 Å². The molecule has 0 aliphatic heterocycles. The average molecular weight is 907 g/mol. The molecule has 0 aliphatic rings. The molecule has 0 radical (unpaired) electrons. The number of amides is 1. The first-order chi connectivity index (χ1) is 31.5. The Morgan fingerprint density at radius 1 is 0.375 bits per heavy atom. The summed E-state index contributed by atoms with van der Waals surface area (Å²) >= 11 is 0. The summed E-state index contributed by atoms with van der Waals surface area (Å²) < 4.78 is 5.48. The zero-order valence-electron chi connectivity index (χ0n) is 43.5. The molecule has 0 saturated carbocycles. The molecule has 0 aromatic carbocycles. The van der Waals surface area contributed by atoms with Gasteiger partial charge < -0.3 is 20.3 Å². The van der Waals surface area contributed by atoms with Gasteiger partial charge >= 0.3 is 5.97 Å². The van der Waals surface area contributed by atoms with Crippen LogP contribution in [0.1, 0.15) is 335 Å². The van der Waals surface area contributed by atoms with Crippen LogP contribution in [0.3, 0.4) is 0 Å². The van der Waals surface area contributed by atoms with Crippen molar-refractivity contribution in [3.8, 4) is 0 Å². The van der Waals surface area contributed by atoms with Gasteiger partial charge in [0.25, 0.3) is 0 Å². The van der Waals surface area contributed by atoms with Crippen LogP contribution >= 0.6 is 0 Å². The van der Waals surface area contributed by atoms with Gasteiger partial charge in [-0.1, -0.05) is 296 Å². The van der Waals surface area contributed by atoms with E-state index in [4.69, 9.17) is 4.74 Å². The molecule has 0 rings (SSSR count). The summed E-state index contributed by atoms with van der Waals surface area (Å²) in [6.45, 7) is 4.96. The van der Waals surface area contributed by atoms with E-state index in [1.165, 1.54) is 263 Å². The van der Waals surface area contributed by atoms with Gasteiger partial charge in [-0.3, -0.25) is 9.59 Å². The van der Waals surface area contributed by atoms with Crippen LogP contribution in [0.2, 0.25) is 0 Å². The Labute approximate surface area is 400 Å². The second-order valence-corrected chi connectivity index (χ2v) is 20.3. The normalized spacial score (nSPS) is 12.5. The largest absolute Gasteiger partial charge is 0.466 e. The number of rotatable bonds is 55. The fraction of sp³-hybridized carbons (Fsp3) is 0.966. The van der Waals surface area contributed by atoms with Crippen LogP contribution in [0.15, 0.2) is 0 Å². The quantitative estimate of drug-likeness (QED) is 0.0417. The van der Waals surface area contributed by atoms with Crippen molar-refractivity contribution >= 4 is 11.9 Å². The molecule has 2 unspecified atom stereocenters. The van der Waals surface area contributed by atoms with Gasteiger partial charge in [0.05, 0.1) is 25.4 Å². The molecule has 0 bridgehead atoms. The van der Waals surface area contributed by atoms with Gasteiger partial charge in [-0.05, 0) is 25.7 Å². The Morgan fingerprint density at radius 3 is 0.953 bits per heavy atom. The number of aliphatic hydroxyl groups is 2. The molecule has 0 saturated heterocycles. The Kier molecular flexibility index (Phi) is 53.5. The minimum absolute atomic E-state index is 0.0176. The van der Waals surface area contributed by atoms with E-state index in [9.17, 15) is 19.8 Å². The monoisotopic (exact) mass is 906 g/mol. The van der Waals surface area contributed by atoms with Gasteiger partial charge in [-0.25, -0.2) is 0 Å². The molecule has 2 atom stereocenters. The first kappa shape index (κ1) is 62.9. The first-order valence-corrected chi connectivity index (χ1v) is 29.3. The number of carbonyl (C=O) groups is 2. The number of hydrogen-bond acceptors (Lipinski definition) is 5. The second-order valence-electron chi connectivity index (χ2n) is 20.3. The molecular weight excluding hydrogens is 791 g/mol. The van der Waals surface area contributed by atoms with E-state index >= 15 is 0 Å². The van der Waals surface area contributed by atoms with Crippen LogP contribution in [0.4, 0.5) is 0 Å². The maximum atomic E-state index is 12.4. The SMILES string of the molecule is CCCCCCCCCCCCCCCC(=O)OCCCCCCCCCCCCCCCCCCCCCCCCCCC(=O)NC(CO)C(O)CCCCCCCCCCCC. The molecule has 0 spiro atoms. The Balaban J connectivity index is 3.32. The minimum atomic E-state index is -0.660. The molecule has 6 heteroatoms. The predicted molar refractivity (Wildman–Crippen MR) is 278 cm³/mol. The lowest BCUT2D eigenvalue weighted by atomic mass is 10.0. The first-order valence-electron chi connectivity index (χ1n) is 29.3. The molecule has 0 aromatic heterocycles. The van der Waals surface area contributed by atoms with Gasteiger partial charge in [-0.2, -0.15) is 0 Å². The highest BCUT2D eigenvalue weighted by molar-refractivity contribution is 5.76. The summed E-state index contributed by atoms with van der Waals surface area (Å²) in [5, 5.41) is 23.1. The predicted octanol–water partition coefficient (Wildman–Crippen LogP) is 17.9. The fourth-order valence-electron chi connectivity index (χ4n) is 9.41. The van der Waals surface area contributed by atoms with Crippen molar-refractivity contribution < 1.29 is 24.5 Å². The molecule has 0 heterocycles. The number of nitrogens with one attached hydrogen (secondary N) is 1. The van der Waals surface area contributed by atoms with E-state index in [-0.39, 0.29) is 18.5 Å². The molecule has 3 N–H and O–H groups in total. The molecule has 64 heavy (non-hydrogen) atoms. The van der Waals surface area contributed by atoms with Gasteiger partial charge in [0.2, 0.25) is 5.91 Å². The Bertz CT molecular complexity index is 913. The Hall–Kier alpha value is -1.14. The third-order valence-electron chi connectivity index (χ3n) is 13.9. The Morgan fingerprint density at radius 2 is 0.641 bits per heavy atom. The van der Waals surface area contributed by atoms with Gasteiger partial charge in [0.15, 0.2) is 0 Å². The van der Waals surface area contributed by atoms with Crippen LogP contribution in [0.25, 0.3) is 0 Å². The van der Waals surface area contributed by atoms with Crippen LogP contribution in [-0.2, 0) is 14.3 Å². The van der Waals surface area contributed by atoms with E-state index in [1.54, 1.807) is 0 Å². The number of hydrogen-bond donors (Lipinski definition) is 3. The van der Waals surface area contributed by atoms with E-state index in [1.807, 2.05) is 0 Å². The van der Waals surface area contributed by atoms with Crippen molar-refractivity contribution in [1.82, 2.24) is 5.32 Å². The summed E-state index contributed by atoms with van der Waals surface area (Å²) in [6, 6.07) is -0.537. The van der Waals surface area contributed by atoms with Crippen LogP contribution < -0.4 is 5.32 Å². The summed E-state index contributed by atoms with van der Waals surface area (Å²) in [5.74, 6) is -0.0162. The zero-order chi connectivity index (χ0) is 46.5. The lowest BCUT2D eigenvalue weighted by Crippen LogP contribution is -2.45. The third-order valence-corrected chi connectivity index (χ3v) is 13.9. The molecule has 382 valence electrons. The number of esters is 1. The molecule has 1 amide bonds. The minimum Gasteiger partial charge on any atom is -0.466 e. The molecule has 0 aromatic rings. The molecule has 0 aliphatic carbocycles. The molecular formula is C58H115NO5. The number of unbranched alkanes of at least 4 members (excludes halogenated alkanes) is 44. The summed E-state index contributed by atoms with van der Waals surface area (Å²) in [6.07, 6.45) is 62.5. The van der Waals surface area contributed by atoms with E-state index < -0.39 is 12.1 Å². The number of ether oxygens (including phenoxy) is 1.